The van der Waals surface area contributed by atoms with Crippen molar-refractivity contribution in [3.8, 4) is 0 Å². The lowest BCUT2D eigenvalue weighted by Crippen LogP contribution is -2.31. The third-order valence-electron chi connectivity index (χ3n) is 3.67. The number of esters is 1. The largest absolute Gasteiger partial charge is 0.452 e. The number of hydrogen-bond donors (Lipinski definition) is 1. The number of anilines is 1. The van der Waals surface area contributed by atoms with E-state index in [1.807, 2.05) is 37.3 Å². The molecule has 5 heteroatoms. The number of ether oxygens (including phenoxy) is 1. The van der Waals surface area contributed by atoms with Gasteiger partial charge in [0.15, 0.2) is 6.10 Å². The Balaban J connectivity index is 1.97. The molecule has 1 amide bonds. The van der Waals surface area contributed by atoms with Gasteiger partial charge in [-0.05, 0) is 43.2 Å². The molecule has 0 aliphatic heterocycles. The Bertz CT molecular complexity index is 686. The zero-order chi connectivity index (χ0) is 17.5. The van der Waals surface area contributed by atoms with Gasteiger partial charge in [0.2, 0.25) is 0 Å². The van der Waals surface area contributed by atoms with E-state index in [9.17, 15) is 9.59 Å². The number of carbonyl (C=O) groups excluding carboxylic acids is 2. The van der Waals surface area contributed by atoms with Gasteiger partial charge >= 0.3 is 5.97 Å². The molecule has 0 fully saturated rings. The van der Waals surface area contributed by atoms with Crippen LogP contribution in [-0.4, -0.2) is 18.0 Å². The van der Waals surface area contributed by atoms with Gasteiger partial charge < -0.3 is 10.1 Å². The van der Waals surface area contributed by atoms with Gasteiger partial charge in [-0.25, -0.2) is 0 Å². The van der Waals surface area contributed by atoms with E-state index in [0.717, 1.165) is 5.56 Å². The van der Waals surface area contributed by atoms with Crippen LogP contribution in [0.25, 0.3) is 0 Å². The average molecular weight is 346 g/mol. The van der Waals surface area contributed by atoms with Crippen LogP contribution >= 0.6 is 11.6 Å². The van der Waals surface area contributed by atoms with Gasteiger partial charge in [0.1, 0.15) is 0 Å². The standard InChI is InChI=1S/C19H20ClNO3/c1-3-17(14-7-5-4-6-8-14)19(23)24-13(2)18(22)21-16-11-9-15(20)10-12-16/h4-13,17H,3H2,1-2H3,(H,21,22)/t13-,17+/m0/s1. The molecular weight excluding hydrogens is 326 g/mol. The summed E-state index contributed by atoms with van der Waals surface area (Å²) in [5.74, 6) is -1.16. The molecular formula is C19H20ClNO3. The summed E-state index contributed by atoms with van der Waals surface area (Å²) < 4.78 is 5.34. The van der Waals surface area contributed by atoms with E-state index in [0.29, 0.717) is 17.1 Å². The maximum Gasteiger partial charge on any atom is 0.314 e. The first kappa shape index (κ1) is 18.0. The van der Waals surface area contributed by atoms with Crippen LogP contribution < -0.4 is 5.32 Å². The van der Waals surface area contributed by atoms with Gasteiger partial charge in [-0.3, -0.25) is 9.59 Å². The fraction of sp³-hybridized carbons (Fsp3) is 0.263. The minimum atomic E-state index is -0.883. The second-order valence-electron chi connectivity index (χ2n) is 5.45. The van der Waals surface area contributed by atoms with Gasteiger partial charge in [-0.2, -0.15) is 0 Å². The third kappa shape index (κ3) is 4.83. The number of carbonyl (C=O) groups is 2. The van der Waals surface area contributed by atoms with Gasteiger partial charge in [0.25, 0.3) is 5.91 Å². The van der Waals surface area contributed by atoms with Crippen molar-refractivity contribution in [2.75, 3.05) is 5.32 Å². The topological polar surface area (TPSA) is 55.4 Å². The molecule has 0 saturated carbocycles. The molecule has 0 unspecified atom stereocenters. The van der Waals surface area contributed by atoms with Gasteiger partial charge in [-0.1, -0.05) is 48.9 Å². The van der Waals surface area contributed by atoms with Gasteiger partial charge in [0.05, 0.1) is 5.92 Å². The van der Waals surface area contributed by atoms with Crippen molar-refractivity contribution in [3.63, 3.8) is 0 Å². The molecule has 4 nitrogen and oxygen atoms in total. The van der Waals surface area contributed by atoms with Crippen molar-refractivity contribution in [1.82, 2.24) is 0 Å². The minimum Gasteiger partial charge on any atom is -0.452 e. The Kier molecular flexibility index (Phi) is 6.38. The lowest BCUT2D eigenvalue weighted by molar-refractivity contribution is -0.154. The van der Waals surface area contributed by atoms with E-state index in [-0.39, 0.29) is 11.8 Å². The number of nitrogens with one attached hydrogen (secondary N) is 1. The Morgan fingerprint density at radius 1 is 1.08 bits per heavy atom. The number of benzene rings is 2. The van der Waals surface area contributed by atoms with E-state index in [1.165, 1.54) is 0 Å². The summed E-state index contributed by atoms with van der Waals surface area (Å²) in [5, 5.41) is 3.28. The SMILES string of the molecule is CC[C@@H](C(=O)O[C@@H](C)C(=O)Nc1ccc(Cl)cc1)c1ccccc1. The van der Waals surface area contributed by atoms with Crippen LogP contribution in [0.2, 0.25) is 5.02 Å². The van der Waals surface area contributed by atoms with E-state index in [1.54, 1.807) is 31.2 Å². The maximum atomic E-state index is 12.4. The first-order chi connectivity index (χ1) is 11.5. The monoisotopic (exact) mass is 345 g/mol. The Morgan fingerprint density at radius 2 is 1.71 bits per heavy atom. The van der Waals surface area contributed by atoms with Crippen molar-refractivity contribution in [3.05, 3.63) is 65.2 Å². The predicted octanol–water partition coefficient (Wildman–Crippen LogP) is 4.40. The summed E-state index contributed by atoms with van der Waals surface area (Å²) in [7, 11) is 0. The fourth-order valence-electron chi connectivity index (χ4n) is 2.31. The quantitative estimate of drug-likeness (QED) is 0.789. The molecule has 2 aromatic rings. The van der Waals surface area contributed by atoms with Crippen molar-refractivity contribution in [1.29, 1.82) is 0 Å². The van der Waals surface area contributed by atoms with Crippen LogP contribution in [0.3, 0.4) is 0 Å². The van der Waals surface area contributed by atoms with Gasteiger partial charge in [-0.15, -0.1) is 0 Å². The summed E-state index contributed by atoms with van der Waals surface area (Å²) >= 11 is 5.81. The van der Waals surface area contributed by atoms with E-state index in [4.69, 9.17) is 16.3 Å². The van der Waals surface area contributed by atoms with E-state index < -0.39 is 12.1 Å². The van der Waals surface area contributed by atoms with Crippen LogP contribution in [0, 0.1) is 0 Å². The van der Waals surface area contributed by atoms with E-state index >= 15 is 0 Å². The number of rotatable bonds is 6. The normalized spacial score (nSPS) is 13.0. The van der Waals surface area contributed by atoms with Crippen LogP contribution in [0.5, 0.6) is 0 Å². The average Bonchev–Trinajstić information content (AvgIpc) is 2.58. The molecule has 0 aliphatic rings. The summed E-state index contributed by atoms with van der Waals surface area (Å²) in [6.07, 6.45) is -0.278. The molecule has 0 spiro atoms. The Hall–Kier alpha value is -2.33. The van der Waals surface area contributed by atoms with E-state index in [2.05, 4.69) is 5.32 Å². The lowest BCUT2D eigenvalue weighted by Gasteiger charge is -2.18. The van der Waals surface area contributed by atoms with Crippen LogP contribution in [0.1, 0.15) is 31.7 Å². The molecule has 0 aliphatic carbocycles. The third-order valence-corrected chi connectivity index (χ3v) is 3.92. The zero-order valence-corrected chi connectivity index (χ0v) is 14.4. The van der Waals surface area contributed by atoms with Crippen molar-refractivity contribution < 1.29 is 14.3 Å². The first-order valence-corrected chi connectivity index (χ1v) is 8.21. The fourth-order valence-corrected chi connectivity index (χ4v) is 2.44. The molecule has 0 saturated heterocycles. The maximum absolute atomic E-state index is 12.4. The number of amides is 1. The highest BCUT2D eigenvalue weighted by Crippen LogP contribution is 2.21. The molecule has 2 aromatic carbocycles. The van der Waals surface area contributed by atoms with Crippen molar-refractivity contribution in [2.24, 2.45) is 0 Å². The second-order valence-corrected chi connectivity index (χ2v) is 5.88. The smallest absolute Gasteiger partial charge is 0.314 e. The molecule has 2 atom stereocenters. The lowest BCUT2D eigenvalue weighted by atomic mass is 9.97. The minimum absolute atomic E-state index is 0.378. The molecule has 0 bridgehead atoms. The Morgan fingerprint density at radius 3 is 2.29 bits per heavy atom. The van der Waals surface area contributed by atoms with Crippen LogP contribution in [0.4, 0.5) is 5.69 Å². The summed E-state index contributed by atoms with van der Waals surface area (Å²) in [5.41, 5.74) is 1.48. The number of halogens is 1. The van der Waals surface area contributed by atoms with Crippen LogP contribution in [-0.2, 0) is 14.3 Å². The Labute approximate surface area is 146 Å². The molecule has 1 N–H and O–H groups in total. The summed E-state index contributed by atoms with van der Waals surface area (Å²) in [6, 6.07) is 16.1. The summed E-state index contributed by atoms with van der Waals surface area (Å²) in [4.78, 5) is 24.5. The zero-order valence-electron chi connectivity index (χ0n) is 13.7. The molecule has 0 aromatic heterocycles. The number of hydrogen-bond acceptors (Lipinski definition) is 3. The summed E-state index contributed by atoms with van der Waals surface area (Å²) in [6.45, 7) is 3.47. The van der Waals surface area contributed by atoms with Gasteiger partial charge in [0, 0.05) is 10.7 Å². The molecule has 126 valence electrons. The van der Waals surface area contributed by atoms with Crippen molar-refractivity contribution >= 4 is 29.2 Å². The molecule has 0 heterocycles. The molecule has 0 radical (unpaired) electrons. The predicted molar refractivity (Wildman–Crippen MR) is 95.1 cm³/mol. The first-order valence-electron chi connectivity index (χ1n) is 7.83. The van der Waals surface area contributed by atoms with Crippen LogP contribution in [0.15, 0.2) is 54.6 Å². The second kappa shape index (κ2) is 8.50. The molecule has 24 heavy (non-hydrogen) atoms. The molecule has 2 rings (SSSR count). The highest BCUT2D eigenvalue weighted by molar-refractivity contribution is 6.30. The van der Waals surface area contributed by atoms with Crippen molar-refractivity contribution in [2.45, 2.75) is 32.3 Å². The highest BCUT2D eigenvalue weighted by atomic mass is 35.5. The highest BCUT2D eigenvalue weighted by Gasteiger charge is 2.25.